The maximum atomic E-state index is 9.16. The van der Waals surface area contributed by atoms with Crippen molar-refractivity contribution in [2.45, 2.75) is 25.9 Å². The lowest BCUT2D eigenvalue weighted by molar-refractivity contribution is 0.303. The number of anilines is 2. The molecule has 1 aromatic carbocycles. The molecule has 1 aliphatic rings. The molecule has 1 N–H and O–H groups in total. The molecule has 0 aliphatic heterocycles. The standard InChI is InChI=1S/C16H14ClN3O/c1-10-8-12(21-11-2-3-11)4-5-14(10)20-15-6-7-19-16(17)13(15)9-18/h4-8,11H,2-3H2,1H3,(H,19,20). The summed E-state index contributed by atoms with van der Waals surface area (Å²) in [6, 6.07) is 9.68. The van der Waals surface area contributed by atoms with Gasteiger partial charge in [0.05, 0.1) is 11.8 Å². The minimum absolute atomic E-state index is 0.203. The third-order valence-corrected chi connectivity index (χ3v) is 3.60. The van der Waals surface area contributed by atoms with Gasteiger partial charge in [0.25, 0.3) is 0 Å². The molecule has 1 heterocycles. The van der Waals surface area contributed by atoms with E-state index in [0.717, 1.165) is 29.8 Å². The fourth-order valence-corrected chi connectivity index (χ4v) is 2.22. The van der Waals surface area contributed by atoms with Crippen LogP contribution in [0.1, 0.15) is 24.0 Å². The van der Waals surface area contributed by atoms with Crippen molar-refractivity contribution in [2.24, 2.45) is 0 Å². The van der Waals surface area contributed by atoms with Gasteiger partial charge in [-0.2, -0.15) is 5.26 Å². The van der Waals surface area contributed by atoms with Crippen molar-refractivity contribution in [3.63, 3.8) is 0 Å². The molecule has 0 bridgehead atoms. The number of nitriles is 1. The van der Waals surface area contributed by atoms with Crippen molar-refractivity contribution in [1.82, 2.24) is 4.98 Å². The highest BCUT2D eigenvalue weighted by Gasteiger charge is 2.23. The molecular formula is C16H14ClN3O. The van der Waals surface area contributed by atoms with Gasteiger partial charge in [-0.3, -0.25) is 0 Å². The summed E-state index contributed by atoms with van der Waals surface area (Å²) in [5.74, 6) is 0.883. The summed E-state index contributed by atoms with van der Waals surface area (Å²) in [4.78, 5) is 3.91. The van der Waals surface area contributed by atoms with Gasteiger partial charge in [-0.1, -0.05) is 11.6 Å². The minimum Gasteiger partial charge on any atom is -0.490 e. The number of pyridine rings is 1. The van der Waals surface area contributed by atoms with Crippen LogP contribution in [0, 0.1) is 18.3 Å². The first-order valence-corrected chi connectivity index (χ1v) is 7.14. The van der Waals surface area contributed by atoms with E-state index in [2.05, 4.69) is 16.4 Å². The molecule has 0 unspecified atom stereocenters. The fourth-order valence-electron chi connectivity index (χ4n) is 2.02. The van der Waals surface area contributed by atoms with Gasteiger partial charge in [-0.15, -0.1) is 0 Å². The van der Waals surface area contributed by atoms with Crippen LogP contribution >= 0.6 is 11.6 Å². The molecule has 2 aromatic rings. The fraction of sp³-hybridized carbons (Fsp3) is 0.250. The molecule has 4 nitrogen and oxygen atoms in total. The first-order chi connectivity index (χ1) is 10.2. The van der Waals surface area contributed by atoms with Gasteiger partial charge >= 0.3 is 0 Å². The Hall–Kier alpha value is -2.25. The molecule has 3 rings (SSSR count). The molecule has 1 aromatic heterocycles. The average molecular weight is 300 g/mol. The van der Waals surface area contributed by atoms with Crippen molar-refractivity contribution in [2.75, 3.05) is 5.32 Å². The van der Waals surface area contributed by atoms with Gasteiger partial charge in [0.15, 0.2) is 0 Å². The van der Waals surface area contributed by atoms with Gasteiger partial charge in [-0.25, -0.2) is 4.98 Å². The third kappa shape index (κ3) is 3.09. The quantitative estimate of drug-likeness (QED) is 0.860. The van der Waals surface area contributed by atoms with Crippen LogP contribution in [0.15, 0.2) is 30.5 Å². The van der Waals surface area contributed by atoms with Crippen LogP contribution in [0.2, 0.25) is 5.15 Å². The Morgan fingerprint density at radius 2 is 2.14 bits per heavy atom. The number of aromatic nitrogens is 1. The summed E-state index contributed by atoms with van der Waals surface area (Å²) in [7, 11) is 0. The summed E-state index contributed by atoms with van der Waals surface area (Å²) in [5, 5.41) is 12.6. The van der Waals surface area contributed by atoms with E-state index in [1.165, 1.54) is 0 Å². The smallest absolute Gasteiger partial charge is 0.148 e. The van der Waals surface area contributed by atoms with E-state index in [1.54, 1.807) is 12.3 Å². The van der Waals surface area contributed by atoms with Crippen LogP contribution in [0.4, 0.5) is 11.4 Å². The number of nitrogens with one attached hydrogen (secondary N) is 1. The summed E-state index contributed by atoms with van der Waals surface area (Å²) in [5.41, 5.74) is 2.95. The van der Waals surface area contributed by atoms with E-state index < -0.39 is 0 Å². The maximum Gasteiger partial charge on any atom is 0.148 e. The molecule has 0 amide bonds. The highest BCUT2D eigenvalue weighted by atomic mass is 35.5. The number of nitrogens with zero attached hydrogens (tertiary/aromatic N) is 2. The lowest BCUT2D eigenvalue weighted by Gasteiger charge is -2.13. The van der Waals surface area contributed by atoms with Crippen molar-refractivity contribution in [3.05, 3.63) is 46.7 Å². The van der Waals surface area contributed by atoms with Gasteiger partial charge in [0.1, 0.15) is 22.5 Å². The summed E-state index contributed by atoms with van der Waals surface area (Å²) in [6.45, 7) is 2.00. The molecule has 1 fully saturated rings. The number of rotatable bonds is 4. The van der Waals surface area contributed by atoms with E-state index in [0.29, 0.717) is 17.4 Å². The first kappa shape index (κ1) is 13.7. The lowest BCUT2D eigenvalue weighted by atomic mass is 10.1. The monoisotopic (exact) mass is 299 g/mol. The van der Waals surface area contributed by atoms with E-state index in [9.17, 15) is 0 Å². The Morgan fingerprint density at radius 1 is 1.33 bits per heavy atom. The molecule has 5 heteroatoms. The molecule has 0 atom stereocenters. The topological polar surface area (TPSA) is 57.9 Å². The van der Waals surface area contributed by atoms with E-state index in [1.807, 2.05) is 25.1 Å². The summed E-state index contributed by atoms with van der Waals surface area (Å²) in [6.07, 6.45) is 4.23. The predicted octanol–water partition coefficient (Wildman–Crippen LogP) is 4.20. The molecule has 1 saturated carbocycles. The largest absolute Gasteiger partial charge is 0.490 e. The number of ether oxygens (including phenoxy) is 1. The zero-order valence-corrected chi connectivity index (χ0v) is 12.3. The Bertz CT molecular complexity index is 720. The zero-order valence-electron chi connectivity index (χ0n) is 11.6. The van der Waals surface area contributed by atoms with Gasteiger partial charge in [0.2, 0.25) is 0 Å². The molecule has 0 saturated heterocycles. The molecule has 21 heavy (non-hydrogen) atoms. The van der Waals surface area contributed by atoms with Crippen LogP contribution in [0.3, 0.4) is 0 Å². The molecular weight excluding hydrogens is 286 g/mol. The average Bonchev–Trinajstić information content (AvgIpc) is 3.26. The van der Waals surface area contributed by atoms with Crippen LogP contribution < -0.4 is 10.1 Å². The Balaban J connectivity index is 1.85. The van der Waals surface area contributed by atoms with Crippen LogP contribution in [0.5, 0.6) is 5.75 Å². The van der Waals surface area contributed by atoms with E-state index in [4.69, 9.17) is 21.6 Å². The summed E-state index contributed by atoms with van der Waals surface area (Å²) >= 11 is 5.93. The number of aryl methyl sites for hydroxylation is 1. The van der Waals surface area contributed by atoms with Gasteiger partial charge < -0.3 is 10.1 Å². The van der Waals surface area contributed by atoms with Crippen LogP contribution in [-0.2, 0) is 0 Å². The normalized spacial score (nSPS) is 13.6. The molecule has 1 aliphatic carbocycles. The summed E-state index contributed by atoms with van der Waals surface area (Å²) < 4.78 is 5.76. The maximum absolute atomic E-state index is 9.16. The number of halogens is 1. The Morgan fingerprint density at radius 3 is 2.81 bits per heavy atom. The predicted molar refractivity (Wildman–Crippen MR) is 82.1 cm³/mol. The van der Waals surface area contributed by atoms with E-state index >= 15 is 0 Å². The van der Waals surface area contributed by atoms with Crippen molar-refractivity contribution < 1.29 is 4.74 Å². The SMILES string of the molecule is Cc1cc(OC2CC2)ccc1Nc1ccnc(Cl)c1C#N. The first-order valence-electron chi connectivity index (χ1n) is 6.76. The lowest BCUT2D eigenvalue weighted by Crippen LogP contribution is -1.99. The minimum atomic E-state index is 0.203. The zero-order chi connectivity index (χ0) is 14.8. The van der Waals surface area contributed by atoms with Crippen molar-refractivity contribution >= 4 is 23.0 Å². The van der Waals surface area contributed by atoms with Crippen LogP contribution in [-0.4, -0.2) is 11.1 Å². The molecule has 0 radical (unpaired) electrons. The number of hydrogen-bond acceptors (Lipinski definition) is 4. The highest BCUT2D eigenvalue weighted by Crippen LogP contribution is 2.31. The second-order valence-electron chi connectivity index (χ2n) is 5.06. The van der Waals surface area contributed by atoms with Gasteiger partial charge in [-0.05, 0) is 49.6 Å². The Kier molecular flexibility index (Phi) is 3.68. The van der Waals surface area contributed by atoms with E-state index in [-0.39, 0.29) is 5.15 Å². The van der Waals surface area contributed by atoms with Crippen LogP contribution in [0.25, 0.3) is 0 Å². The molecule has 106 valence electrons. The third-order valence-electron chi connectivity index (χ3n) is 3.31. The number of benzene rings is 1. The van der Waals surface area contributed by atoms with Crippen molar-refractivity contribution in [3.8, 4) is 11.8 Å². The Labute approximate surface area is 128 Å². The second kappa shape index (κ2) is 5.63. The number of hydrogen-bond donors (Lipinski definition) is 1. The highest BCUT2D eigenvalue weighted by molar-refractivity contribution is 6.30. The molecule has 0 spiro atoms. The second-order valence-corrected chi connectivity index (χ2v) is 5.41. The van der Waals surface area contributed by atoms with Crippen molar-refractivity contribution in [1.29, 1.82) is 5.26 Å². The van der Waals surface area contributed by atoms with Gasteiger partial charge in [0, 0.05) is 11.9 Å².